The van der Waals surface area contributed by atoms with Crippen molar-refractivity contribution in [1.82, 2.24) is 0 Å². The second-order valence-corrected chi connectivity index (χ2v) is 28.2. The molecule has 0 atom stereocenters. The van der Waals surface area contributed by atoms with Crippen molar-refractivity contribution in [3.63, 3.8) is 0 Å². The first kappa shape index (κ1) is 50.6. The highest BCUT2D eigenvalue weighted by Crippen LogP contribution is 2.47. The van der Waals surface area contributed by atoms with Crippen molar-refractivity contribution in [3.05, 3.63) is 279 Å². The summed E-state index contributed by atoms with van der Waals surface area (Å²) in [5.74, 6) is 0. The normalized spacial score (nSPS) is 11.8. The summed E-state index contributed by atoms with van der Waals surface area (Å²) in [5, 5.41) is 16.8. The van der Waals surface area contributed by atoms with Gasteiger partial charge in [-0.25, -0.2) is 0 Å². The molecule has 80 heavy (non-hydrogen) atoms. The van der Waals surface area contributed by atoms with Gasteiger partial charge in [-0.05, 0) is 188 Å². The molecule has 0 aromatic heterocycles. The van der Waals surface area contributed by atoms with E-state index in [1.54, 1.807) is 0 Å². The average Bonchev–Trinajstić information content (AvgIpc) is 3.56. The van der Waals surface area contributed by atoms with Gasteiger partial charge in [0.05, 0.1) is 0 Å². The third-order valence-electron chi connectivity index (χ3n) is 15.9. The number of hydrogen-bond acceptors (Lipinski definition) is 2. The molecule has 14 rings (SSSR count). The molecule has 0 spiro atoms. The van der Waals surface area contributed by atoms with Crippen molar-refractivity contribution in [1.29, 1.82) is 0 Å². The molecule has 14 aromatic rings. The first-order valence-corrected chi connectivity index (χ1v) is 32.5. The fraction of sp³-hybridized carbons (Fsp3) is 0.0526. The van der Waals surface area contributed by atoms with Gasteiger partial charge in [-0.1, -0.05) is 249 Å². The van der Waals surface area contributed by atoms with Gasteiger partial charge in [-0.2, -0.15) is 0 Å². The Labute approximate surface area is 468 Å². The lowest BCUT2D eigenvalue weighted by atomic mass is 9.85. The van der Waals surface area contributed by atoms with Crippen LogP contribution in [-0.4, -0.2) is 26.7 Å². The van der Waals surface area contributed by atoms with E-state index in [0.717, 1.165) is 32.9 Å². The molecule has 0 amide bonds. The molecule has 2 nitrogen and oxygen atoms in total. The minimum Gasteiger partial charge on any atom is -0.319 e. The summed E-state index contributed by atoms with van der Waals surface area (Å²) >= 11 is 0. The lowest BCUT2D eigenvalue weighted by Crippen LogP contribution is -2.02. The first-order chi connectivity index (χ1) is 38.9. The summed E-state index contributed by atoms with van der Waals surface area (Å²) in [4.78, 5) is 0. The maximum Gasteiger partial charge on any atom is 0.109 e. The zero-order valence-electron chi connectivity index (χ0n) is 45.3. The van der Waals surface area contributed by atoms with Gasteiger partial charge in [0, 0.05) is 10.6 Å². The number of fused-ring (bicyclic) bond motifs is 6. The number of benzene rings is 14. The summed E-state index contributed by atoms with van der Waals surface area (Å²) in [5.41, 5.74) is 14.4. The monoisotopic (exact) mass is 1060 g/mol. The second kappa shape index (κ2) is 20.7. The first-order valence-electron chi connectivity index (χ1n) is 27.3. The van der Waals surface area contributed by atoms with Crippen LogP contribution < -0.4 is 10.6 Å². The van der Waals surface area contributed by atoms with E-state index in [9.17, 15) is 9.13 Å². The Morgan fingerprint density at radius 2 is 0.475 bits per heavy atom. The second-order valence-electron chi connectivity index (χ2n) is 21.8. The van der Waals surface area contributed by atoms with Gasteiger partial charge in [-0.15, -0.1) is 0 Å². The molecule has 0 bridgehead atoms. The molecule has 0 unspecified atom stereocenters. The fourth-order valence-electron chi connectivity index (χ4n) is 11.9. The Hall–Kier alpha value is -8.90. The lowest BCUT2D eigenvalue weighted by molar-refractivity contribution is 0.587. The Morgan fingerprint density at radius 1 is 0.200 bits per heavy atom. The smallest absolute Gasteiger partial charge is 0.109 e. The molecule has 0 aliphatic carbocycles. The SMILES string of the molecule is CP(C)(=O)c1ccc(-c2cccc(-c3c4ccccc4c(-c4ccc5ccccc5c4)c4ccccc34)c2)cc1.CP(C)(=O)c1cccc(-c2cccc(-c3c4ccccc4c(-c4ccc5ccccc5c4)c4ccccc34)c2)c1. The predicted molar refractivity (Wildman–Crippen MR) is 349 cm³/mol. The molecule has 0 heterocycles. The molecule has 0 N–H and O–H groups in total. The molecule has 14 aromatic carbocycles. The Kier molecular flexibility index (Phi) is 13.1. The van der Waals surface area contributed by atoms with Gasteiger partial charge in [0.15, 0.2) is 0 Å². The Balaban J connectivity index is 0.000000151. The fourth-order valence-corrected chi connectivity index (χ4v) is 13.7. The topological polar surface area (TPSA) is 34.1 Å². The minimum absolute atomic E-state index is 0.908. The van der Waals surface area contributed by atoms with Crippen molar-refractivity contribution in [3.8, 4) is 66.8 Å². The Bertz CT molecular complexity index is 4710. The highest BCUT2D eigenvalue weighted by Gasteiger charge is 2.20. The maximum absolute atomic E-state index is 12.8. The molecule has 0 aliphatic heterocycles. The van der Waals surface area contributed by atoms with Crippen molar-refractivity contribution >= 4 is 89.5 Å². The van der Waals surface area contributed by atoms with Crippen LogP contribution in [0.3, 0.4) is 0 Å². The van der Waals surface area contributed by atoms with Crippen LogP contribution in [0.25, 0.3) is 131 Å². The summed E-state index contributed by atoms with van der Waals surface area (Å²) in [7, 11) is -4.64. The van der Waals surface area contributed by atoms with E-state index in [1.165, 1.54) is 109 Å². The van der Waals surface area contributed by atoms with Gasteiger partial charge < -0.3 is 9.13 Å². The molecular weight excluding hydrogens is 1010 g/mol. The third kappa shape index (κ3) is 9.56. The molecule has 0 radical (unpaired) electrons. The lowest BCUT2D eigenvalue weighted by Gasteiger charge is -2.18. The molecular formula is C76H58O2P2. The zero-order valence-corrected chi connectivity index (χ0v) is 47.1. The standard InChI is InChI=1S/2C38H29OP/c1-40(2,39)32-16-10-14-29(25-32)28-13-9-15-30(24-28)37-33-17-5-7-19-35(33)38(36-20-8-6-18-34(36)37)31-22-21-26-11-3-4-12-27(26)23-31;1-40(2,39)32-22-20-27(21-23-32)29-12-9-13-30(24-29)37-33-14-5-7-16-35(33)38(36-17-8-6-15-34(36)37)31-19-18-26-10-3-4-11-28(26)25-31/h2*3-25H,1-2H3. The van der Waals surface area contributed by atoms with Crippen LogP contribution >= 0.6 is 14.3 Å². The molecule has 4 heteroatoms. The highest BCUT2D eigenvalue weighted by atomic mass is 31.2. The summed E-state index contributed by atoms with van der Waals surface area (Å²) in [6.07, 6.45) is 0. The van der Waals surface area contributed by atoms with Gasteiger partial charge in [0.2, 0.25) is 0 Å². The van der Waals surface area contributed by atoms with Crippen LogP contribution in [0, 0.1) is 0 Å². The quantitative estimate of drug-likeness (QED) is 0.112. The minimum atomic E-state index is -2.35. The highest BCUT2D eigenvalue weighted by molar-refractivity contribution is 7.70. The third-order valence-corrected chi connectivity index (χ3v) is 18.9. The number of hydrogen-bond donors (Lipinski definition) is 0. The average molecular weight is 1070 g/mol. The van der Waals surface area contributed by atoms with Crippen LogP contribution in [0.5, 0.6) is 0 Å². The van der Waals surface area contributed by atoms with Gasteiger partial charge in [-0.3, -0.25) is 0 Å². The van der Waals surface area contributed by atoms with Crippen LogP contribution in [0.2, 0.25) is 0 Å². The van der Waals surface area contributed by atoms with E-state index < -0.39 is 14.3 Å². The summed E-state index contributed by atoms with van der Waals surface area (Å²) in [6, 6.07) is 99.8. The van der Waals surface area contributed by atoms with Gasteiger partial charge in [0.1, 0.15) is 14.3 Å². The van der Waals surface area contributed by atoms with Gasteiger partial charge in [0.25, 0.3) is 0 Å². The van der Waals surface area contributed by atoms with Crippen LogP contribution in [0.1, 0.15) is 0 Å². The van der Waals surface area contributed by atoms with E-state index in [0.29, 0.717) is 0 Å². The number of rotatable bonds is 8. The molecule has 0 saturated heterocycles. The Morgan fingerprint density at radius 3 is 0.838 bits per heavy atom. The van der Waals surface area contributed by atoms with Crippen LogP contribution in [0.15, 0.2) is 279 Å². The molecule has 0 saturated carbocycles. The summed E-state index contributed by atoms with van der Waals surface area (Å²) in [6.45, 7) is 7.30. The molecule has 0 aliphatic rings. The van der Waals surface area contributed by atoms with E-state index in [-0.39, 0.29) is 0 Å². The predicted octanol–water partition coefficient (Wildman–Crippen LogP) is 20.8. The largest absolute Gasteiger partial charge is 0.319 e. The van der Waals surface area contributed by atoms with Crippen molar-refractivity contribution in [2.45, 2.75) is 0 Å². The van der Waals surface area contributed by atoms with E-state index in [1.807, 2.05) is 50.9 Å². The van der Waals surface area contributed by atoms with Crippen molar-refractivity contribution < 1.29 is 9.13 Å². The van der Waals surface area contributed by atoms with Crippen molar-refractivity contribution in [2.24, 2.45) is 0 Å². The van der Waals surface area contributed by atoms with E-state index in [2.05, 4.69) is 255 Å². The van der Waals surface area contributed by atoms with Crippen LogP contribution in [-0.2, 0) is 9.13 Å². The van der Waals surface area contributed by atoms with E-state index in [4.69, 9.17) is 0 Å². The summed E-state index contributed by atoms with van der Waals surface area (Å²) < 4.78 is 25.3. The van der Waals surface area contributed by atoms with E-state index >= 15 is 0 Å². The van der Waals surface area contributed by atoms with Crippen LogP contribution in [0.4, 0.5) is 0 Å². The van der Waals surface area contributed by atoms with Crippen molar-refractivity contribution in [2.75, 3.05) is 26.7 Å². The molecule has 0 fully saturated rings. The zero-order chi connectivity index (χ0) is 54.5. The van der Waals surface area contributed by atoms with Gasteiger partial charge >= 0.3 is 0 Å². The maximum atomic E-state index is 12.8. The molecule has 384 valence electrons.